The van der Waals surface area contributed by atoms with Gasteiger partial charge in [0, 0.05) is 5.02 Å². The monoisotopic (exact) mass is 418 g/mol. The van der Waals surface area contributed by atoms with Gasteiger partial charge in [-0.2, -0.15) is 10.2 Å². The van der Waals surface area contributed by atoms with Gasteiger partial charge in [-0.05, 0) is 41.5 Å². The van der Waals surface area contributed by atoms with Crippen molar-refractivity contribution in [2.24, 2.45) is 5.10 Å². The number of H-pyrrole nitrogens is 1. The van der Waals surface area contributed by atoms with Gasteiger partial charge in [-0.3, -0.25) is 10.2 Å². The van der Waals surface area contributed by atoms with Gasteiger partial charge in [0.25, 0.3) is 5.56 Å². The van der Waals surface area contributed by atoms with E-state index in [0.717, 1.165) is 11.1 Å². The lowest BCUT2D eigenvalue weighted by atomic mass is 10.2. The van der Waals surface area contributed by atoms with Crippen LogP contribution in [-0.2, 0) is 6.61 Å². The Balaban J connectivity index is 1.67. The Morgan fingerprint density at radius 3 is 2.71 bits per heavy atom. The fourth-order valence-corrected chi connectivity index (χ4v) is 2.52. The SMILES string of the molecule is COc1cc(/C=N\Nc2cn[nH]c(=O)c2Cl)ccc1OCc1ccc(Cl)cc1. The average Bonchev–Trinajstić information content (AvgIpc) is 2.71. The van der Waals surface area contributed by atoms with Crippen LogP contribution in [0.4, 0.5) is 5.69 Å². The van der Waals surface area contributed by atoms with Crippen molar-refractivity contribution in [2.45, 2.75) is 6.61 Å². The molecule has 0 aliphatic heterocycles. The van der Waals surface area contributed by atoms with E-state index in [9.17, 15) is 4.79 Å². The Morgan fingerprint density at radius 1 is 1.18 bits per heavy atom. The molecule has 0 aliphatic carbocycles. The van der Waals surface area contributed by atoms with Gasteiger partial charge in [0.05, 0.1) is 19.5 Å². The Labute approximate surface area is 170 Å². The molecule has 2 N–H and O–H groups in total. The molecule has 3 rings (SSSR count). The molecule has 1 aromatic heterocycles. The molecule has 2 aromatic carbocycles. The lowest BCUT2D eigenvalue weighted by Crippen LogP contribution is -2.10. The van der Waals surface area contributed by atoms with Gasteiger partial charge in [0.2, 0.25) is 0 Å². The first-order valence-electron chi connectivity index (χ1n) is 8.14. The summed E-state index contributed by atoms with van der Waals surface area (Å²) in [5, 5.41) is 10.6. The molecule has 0 unspecified atom stereocenters. The third-order valence-corrected chi connectivity index (χ3v) is 4.32. The van der Waals surface area contributed by atoms with Gasteiger partial charge in [-0.25, -0.2) is 5.10 Å². The van der Waals surface area contributed by atoms with Gasteiger partial charge in [-0.15, -0.1) is 0 Å². The summed E-state index contributed by atoms with van der Waals surface area (Å²) in [6, 6.07) is 12.8. The molecule has 1 heterocycles. The van der Waals surface area contributed by atoms with Crippen molar-refractivity contribution in [3.63, 3.8) is 0 Å². The number of rotatable bonds is 7. The highest BCUT2D eigenvalue weighted by molar-refractivity contribution is 6.32. The maximum Gasteiger partial charge on any atom is 0.285 e. The van der Waals surface area contributed by atoms with Crippen molar-refractivity contribution in [1.29, 1.82) is 0 Å². The number of nitrogens with one attached hydrogen (secondary N) is 2. The number of aromatic nitrogens is 2. The van der Waals surface area contributed by atoms with E-state index in [4.69, 9.17) is 32.7 Å². The molecule has 144 valence electrons. The van der Waals surface area contributed by atoms with E-state index >= 15 is 0 Å². The molecule has 7 nitrogen and oxygen atoms in total. The fourth-order valence-electron chi connectivity index (χ4n) is 2.26. The summed E-state index contributed by atoms with van der Waals surface area (Å²) in [5.74, 6) is 1.16. The molecule has 0 aliphatic rings. The third-order valence-electron chi connectivity index (χ3n) is 3.69. The molecule has 28 heavy (non-hydrogen) atoms. The van der Waals surface area contributed by atoms with E-state index in [0.29, 0.717) is 28.8 Å². The molecular weight excluding hydrogens is 403 g/mol. The summed E-state index contributed by atoms with van der Waals surface area (Å²) in [4.78, 5) is 11.4. The molecule has 0 saturated heterocycles. The largest absolute Gasteiger partial charge is 0.493 e. The topological polar surface area (TPSA) is 88.6 Å². The second-order valence-corrected chi connectivity index (χ2v) is 6.44. The van der Waals surface area contributed by atoms with Crippen LogP contribution < -0.4 is 20.5 Å². The summed E-state index contributed by atoms with van der Waals surface area (Å²) >= 11 is 11.8. The molecule has 0 bridgehead atoms. The van der Waals surface area contributed by atoms with Crippen molar-refractivity contribution in [3.8, 4) is 11.5 Å². The number of benzene rings is 2. The zero-order valence-electron chi connectivity index (χ0n) is 14.8. The van der Waals surface area contributed by atoms with Gasteiger partial charge >= 0.3 is 0 Å². The molecular formula is C19H16Cl2N4O3. The zero-order chi connectivity index (χ0) is 19.9. The number of hydrazone groups is 1. The molecule has 0 spiro atoms. The van der Waals surface area contributed by atoms with Crippen LogP contribution in [0.2, 0.25) is 10.0 Å². The lowest BCUT2D eigenvalue weighted by Gasteiger charge is -2.11. The van der Waals surface area contributed by atoms with E-state index in [1.807, 2.05) is 30.3 Å². The van der Waals surface area contributed by atoms with Crippen molar-refractivity contribution in [3.05, 3.63) is 80.2 Å². The number of ether oxygens (including phenoxy) is 2. The number of hydrogen-bond acceptors (Lipinski definition) is 6. The fraction of sp³-hybridized carbons (Fsp3) is 0.105. The standard InChI is InChI=1S/C19H16Cl2N4O3/c1-27-17-8-13(9-22-24-15-10-23-25-19(26)18(15)21)4-7-16(17)28-11-12-2-5-14(20)6-3-12/h2-10H,11H2,1H3,(H2,24,25,26)/b22-9-. The van der Waals surface area contributed by atoms with E-state index < -0.39 is 5.56 Å². The predicted molar refractivity (Wildman–Crippen MR) is 110 cm³/mol. The lowest BCUT2D eigenvalue weighted by molar-refractivity contribution is 0.284. The van der Waals surface area contributed by atoms with Crippen molar-refractivity contribution in [2.75, 3.05) is 12.5 Å². The Morgan fingerprint density at radius 2 is 1.96 bits per heavy atom. The maximum absolute atomic E-state index is 11.4. The van der Waals surface area contributed by atoms with Crippen LogP contribution in [0, 0.1) is 0 Å². The van der Waals surface area contributed by atoms with Crippen molar-refractivity contribution in [1.82, 2.24) is 10.2 Å². The number of halogens is 2. The highest BCUT2D eigenvalue weighted by atomic mass is 35.5. The summed E-state index contributed by atoms with van der Waals surface area (Å²) in [7, 11) is 1.56. The Bertz CT molecular complexity index is 1040. The van der Waals surface area contributed by atoms with E-state index in [2.05, 4.69) is 20.7 Å². The quantitative estimate of drug-likeness (QED) is 0.445. The molecule has 0 amide bonds. The molecule has 3 aromatic rings. The second kappa shape index (κ2) is 9.25. The van der Waals surface area contributed by atoms with Gasteiger partial charge < -0.3 is 9.47 Å². The average molecular weight is 419 g/mol. The van der Waals surface area contributed by atoms with E-state index in [1.165, 1.54) is 6.20 Å². The van der Waals surface area contributed by atoms with Crippen molar-refractivity contribution < 1.29 is 9.47 Å². The molecule has 0 atom stereocenters. The first-order chi connectivity index (χ1) is 13.6. The van der Waals surface area contributed by atoms with Crippen LogP contribution in [0.3, 0.4) is 0 Å². The summed E-state index contributed by atoms with van der Waals surface area (Å²) in [6.07, 6.45) is 2.93. The normalized spacial score (nSPS) is 10.8. The summed E-state index contributed by atoms with van der Waals surface area (Å²) in [6.45, 7) is 0.385. The van der Waals surface area contributed by atoms with Crippen LogP contribution in [0.25, 0.3) is 0 Å². The van der Waals surface area contributed by atoms with Crippen LogP contribution in [0.15, 0.2) is 58.6 Å². The van der Waals surface area contributed by atoms with E-state index in [-0.39, 0.29) is 5.02 Å². The minimum absolute atomic E-state index is 0.0179. The van der Waals surface area contributed by atoms with Gasteiger partial charge in [0.1, 0.15) is 17.3 Å². The Hall–Kier alpha value is -3.03. The number of anilines is 1. The predicted octanol–water partition coefficient (Wildman–Crippen LogP) is 4.11. The summed E-state index contributed by atoms with van der Waals surface area (Å²) in [5.41, 5.74) is 4.24. The van der Waals surface area contributed by atoms with Crippen LogP contribution in [0.5, 0.6) is 11.5 Å². The molecule has 0 fully saturated rings. The Kier molecular flexibility index (Phi) is 6.52. The minimum Gasteiger partial charge on any atom is -0.493 e. The smallest absolute Gasteiger partial charge is 0.285 e. The van der Waals surface area contributed by atoms with Crippen molar-refractivity contribution >= 4 is 35.1 Å². The number of methoxy groups -OCH3 is 1. The van der Waals surface area contributed by atoms with E-state index in [1.54, 1.807) is 25.5 Å². The first-order valence-corrected chi connectivity index (χ1v) is 8.90. The number of nitrogens with zero attached hydrogens (tertiary/aromatic N) is 2. The molecule has 9 heteroatoms. The third kappa shape index (κ3) is 5.03. The molecule has 0 radical (unpaired) electrons. The zero-order valence-corrected chi connectivity index (χ0v) is 16.3. The van der Waals surface area contributed by atoms with Crippen LogP contribution in [0.1, 0.15) is 11.1 Å². The maximum atomic E-state index is 11.4. The van der Waals surface area contributed by atoms with Gasteiger partial charge in [-0.1, -0.05) is 35.3 Å². The number of hydrogen-bond donors (Lipinski definition) is 2. The number of aromatic amines is 1. The minimum atomic E-state index is -0.495. The highest BCUT2D eigenvalue weighted by Gasteiger charge is 2.06. The highest BCUT2D eigenvalue weighted by Crippen LogP contribution is 2.28. The second-order valence-electron chi connectivity index (χ2n) is 5.62. The van der Waals surface area contributed by atoms with Crippen LogP contribution in [-0.4, -0.2) is 23.5 Å². The molecule has 0 saturated carbocycles. The van der Waals surface area contributed by atoms with Gasteiger partial charge in [0.15, 0.2) is 11.5 Å². The van der Waals surface area contributed by atoms with Crippen LogP contribution >= 0.6 is 23.2 Å². The summed E-state index contributed by atoms with van der Waals surface area (Å²) < 4.78 is 11.2. The first kappa shape index (κ1) is 19.7.